The molecule has 0 aromatic heterocycles. The largest absolute Gasteiger partial charge is 0.463 e. The van der Waals surface area contributed by atoms with Gasteiger partial charge in [-0.05, 0) is 99.7 Å². The summed E-state index contributed by atoms with van der Waals surface area (Å²) in [6.45, 7) is 11.5. The van der Waals surface area contributed by atoms with E-state index >= 15 is 0 Å². The van der Waals surface area contributed by atoms with Gasteiger partial charge in [0.15, 0.2) is 0 Å². The predicted octanol–water partition coefficient (Wildman–Crippen LogP) is 5.91. The molecule has 2 heteroatoms. The van der Waals surface area contributed by atoms with Crippen molar-refractivity contribution in [1.29, 1.82) is 0 Å². The SMILES string of the molecule is CC(=O)O[C@H]1CC[C@@]2(C)[C@@H](CC[C@@H]3[C@@H]2CC[C@]2(C)C(C)=C(C)C[C@@H]32)C1. The third kappa shape index (κ3) is 2.53. The molecule has 0 aromatic carbocycles. The van der Waals surface area contributed by atoms with Gasteiger partial charge in [0.2, 0.25) is 0 Å². The van der Waals surface area contributed by atoms with E-state index in [2.05, 4.69) is 27.7 Å². The second-order valence-electron chi connectivity index (χ2n) is 10.2. The van der Waals surface area contributed by atoms with Gasteiger partial charge >= 0.3 is 5.97 Å². The Hall–Kier alpha value is -0.790. The van der Waals surface area contributed by atoms with Gasteiger partial charge in [0.05, 0.1) is 0 Å². The number of carbonyl (C=O) groups excluding carboxylic acids is 1. The molecular weight excluding hydrogens is 308 g/mol. The molecule has 0 heterocycles. The third-order valence-corrected chi connectivity index (χ3v) is 9.36. The summed E-state index contributed by atoms with van der Waals surface area (Å²) in [7, 11) is 0. The van der Waals surface area contributed by atoms with Crippen molar-refractivity contribution in [2.24, 2.45) is 34.5 Å². The lowest BCUT2D eigenvalue weighted by Gasteiger charge is -2.60. The van der Waals surface area contributed by atoms with Crippen LogP contribution < -0.4 is 0 Å². The minimum absolute atomic E-state index is 0.0984. The van der Waals surface area contributed by atoms with Crippen molar-refractivity contribution < 1.29 is 9.53 Å². The summed E-state index contributed by atoms with van der Waals surface area (Å²) in [6.07, 6.45) is 10.5. The molecule has 0 aromatic rings. The van der Waals surface area contributed by atoms with Gasteiger partial charge in [0, 0.05) is 6.92 Å². The van der Waals surface area contributed by atoms with Crippen LogP contribution in [0.1, 0.15) is 86.0 Å². The second-order valence-corrected chi connectivity index (χ2v) is 10.2. The van der Waals surface area contributed by atoms with E-state index in [1.807, 2.05) is 0 Å². The molecule has 25 heavy (non-hydrogen) atoms. The van der Waals surface area contributed by atoms with Gasteiger partial charge in [-0.3, -0.25) is 4.79 Å². The third-order valence-electron chi connectivity index (χ3n) is 9.36. The average molecular weight is 345 g/mol. The zero-order valence-corrected chi connectivity index (χ0v) is 16.9. The Morgan fingerprint density at radius 1 is 1.04 bits per heavy atom. The van der Waals surface area contributed by atoms with Gasteiger partial charge in [-0.15, -0.1) is 0 Å². The van der Waals surface area contributed by atoms with Crippen LogP contribution in [0, 0.1) is 34.5 Å². The molecule has 0 bridgehead atoms. The summed E-state index contributed by atoms with van der Waals surface area (Å²) in [4.78, 5) is 11.4. The highest BCUT2D eigenvalue weighted by Crippen LogP contribution is 2.67. The number of fused-ring (bicyclic) bond motifs is 5. The highest BCUT2D eigenvalue weighted by Gasteiger charge is 2.58. The van der Waals surface area contributed by atoms with E-state index in [1.54, 1.807) is 18.1 Å². The Balaban J connectivity index is 1.55. The number of rotatable bonds is 1. The summed E-state index contributed by atoms with van der Waals surface area (Å²) in [5.74, 6) is 3.35. The zero-order chi connectivity index (χ0) is 18.0. The first-order chi connectivity index (χ1) is 11.8. The van der Waals surface area contributed by atoms with Crippen LogP contribution in [0.2, 0.25) is 0 Å². The van der Waals surface area contributed by atoms with Gasteiger partial charge in [-0.1, -0.05) is 25.0 Å². The van der Waals surface area contributed by atoms with Gasteiger partial charge in [0.25, 0.3) is 0 Å². The number of allylic oxidation sites excluding steroid dienone is 2. The fourth-order valence-corrected chi connectivity index (χ4v) is 7.69. The van der Waals surface area contributed by atoms with Crippen LogP contribution in [0.15, 0.2) is 11.1 Å². The molecule has 0 aliphatic heterocycles. The normalized spacial score (nSPS) is 49.2. The maximum Gasteiger partial charge on any atom is 0.302 e. The topological polar surface area (TPSA) is 26.3 Å². The van der Waals surface area contributed by atoms with Gasteiger partial charge in [-0.25, -0.2) is 0 Å². The van der Waals surface area contributed by atoms with E-state index in [9.17, 15) is 4.79 Å². The van der Waals surface area contributed by atoms with Crippen molar-refractivity contribution in [3.63, 3.8) is 0 Å². The molecule has 0 spiro atoms. The number of carbonyl (C=O) groups is 1. The summed E-state index contributed by atoms with van der Waals surface area (Å²) >= 11 is 0. The number of esters is 1. The quantitative estimate of drug-likeness (QED) is 0.437. The lowest BCUT2D eigenvalue weighted by Crippen LogP contribution is -2.53. The number of hydrogen-bond acceptors (Lipinski definition) is 2. The van der Waals surface area contributed by atoms with Gasteiger partial charge < -0.3 is 4.74 Å². The Labute approximate surface area is 153 Å². The van der Waals surface area contributed by atoms with Crippen LogP contribution in [0.5, 0.6) is 0 Å². The first-order valence-corrected chi connectivity index (χ1v) is 10.6. The van der Waals surface area contributed by atoms with Crippen molar-refractivity contribution in [2.45, 2.75) is 92.1 Å². The van der Waals surface area contributed by atoms with Crippen LogP contribution in [0.25, 0.3) is 0 Å². The molecule has 4 aliphatic rings. The molecule has 140 valence electrons. The van der Waals surface area contributed by atoms with Crippen LogP contribution in [0.4, 0.5) is 0 Å². The van der Waals surface area contributed by atoms with E-state index < -0.39 is 0 Å². The fourth-order valence-electron chi connectivity index (χ4n) is 7.69. The van der Waals surface area contributed by atoms with Gasteiger partial charge in [-0.2, -0.15) is 0 Å². The van der Waals surface area contributed by atoms with Gasteiger partial charge in [0.1, 0.15) is 6.10 Å². The monoisotopic (exact) mass is 344 g/mol. The molecule has 2 nitrogen and oxygen atoms in total. The average Bonchev–Trinajstić information content (AvgIpc) is 2.78. The van der Waals surface area contributed by atoms with Crippen LogP contribution in [-0.2, 0) is 9.53 Å². The molecule has 7 atom stereocenters. The summed E-state index contributed by atoms with van der Waals surface area (Å²) in [5.41, 5.74) is 4.34. The Morgan fingerprint density at radius 2 is 1.80 bits per heavy atom. The molecule has 0 N–H and O–H groups in total. The van der Waals surface area contributed by atoms with Crippen LogP contribution in [0.3, 0.4) is 0 Å². The van der Waals surface area contributed by atoms with Crippen molar-refractivity contribution in [2.75, 3.05) is 0 Å². The Bertz CT molecular complexity index is 605. The van der Waals surface area contributed by atoms with E-state index in [-0.39, 0.29) is 12.1 Å². The van der Waals surface area contributed by atoms with Crippen molar-refractivity contribution in [3.8, 4) is 0 Å². The molecule has 4 aliphatic carbocycles. The smallest absolute Gasteiger partial charge is 0.302 e. The maximum absolute atomic E-state index is 11.4. The standard InChI is InChI=1S/C23H36O2/c1-14-12-21-19-7-6-17-13-18(25-16(3)24)8-10-23(17,5)20(19)9-11-22(21,4)15(14)2/h17-21H,6-13H2,1-5H3/t17-,18-,19+,20-,21-,22+,23-/m0/s1. The van der Waals surface area contributed by atoms with Crippen molar-refractivity contribution in [3.05, 3.63) is 11.1 Å². The highest BCUT2D eigenvalue weighted by molar-refractivity contribution is 5.66. The maximum atomic E-state index is 11.4. The highest BCUT2D eigenvalue weighted by atomic mass is 16.5. The predicted molar refractivity (Wildman–Crippen MR) is 101 cm³/mol. The minimum Gasteiger partial charge on any atom is -0.463 e. The van der Waals surface area contributed by atoms with E-state index in [0.29, 0.717) is 10.8 Å². The van der Waals surface area contributed by atoms with E-state index in [0.717, 1.165) is 36.5 Å². The lowest BCUT2D eigenvalue weighted by atomic mass is 9.45. The minimum atomic E-state index is -0.0984. The molecule has 0 amide bonds. The Morgan fingerprint density at radius 3 is 2.52 bits per heavy atom. The summed E-state index contributed by atoms with van der Waals surface area (Å²) < 4.78 is 5.59. The van der Waals surface area contributed by atoms with Crippen molar-refractivity contribution >= 4 is 5.97 Å². The molecular formula is C23H36O2. The molecule has 3 fully saturated rings. The Kier molecular flexibility index (Phi) is 4.13. The molecule has 4 rings (SSSR count). The number of ether oxygens (including phenoxy) is 1. The van der Waals surface area contributed by atoms with Crippen LogP contribution in [-0.4, -0.2) is 12.1 Å². The molecule has 3 saturated carbocycles. The van der Waals surface area contributed by atoms with Crippen LogP contribution >= 0.6 is 0 Å². The lowest BCUT2D eigenvalue weighted by molar-refractivity contribution is -0.158. The first kappa shape index (κ1) is 17.6. The summed E-state index contributed by atoms with van der Waals surface area (Å²) in [5, 5.41) is 0. The van der Waals surface area contributed by atoms with E-state index in [4.69, 9.17) is 4.74 Å². The molecule has 0 radical (unpaired) electrons. The first-order valence-electron chi connectivity index (χ1n) is 10.6. The molecule has 0 unspecified atom stereocenters. The fraction of sp³-hybridized carbons (Fsp3) is 0.870. The van der Waals surface area contributed by atoms with E-state index in [1.165, 1.54) is 38.5 Å². The zero-order valence-electron chi connectivity index (χ0n) is 16.9. The second kappa shape index (κ2) is 5.86. The van der Waals surface area contributed by atoms with Crippen molar-refractivity contribution in [1.82, 2.24) is 0 Å². The number of hydrogen-bond donors (Lipinski definition) is 0. The molecule has 0 saturated heterocycles. The summed E-state index contributed by atoms with van der Waals surface area (Å²) in [6, 6.07) is 0.